The number of hydrogen-bond acceptors (Lipinski definition) is 15. The van der Waals surface area contributed by atoms with Crippen molar-refractivity contribution in [2.24, 2.45) is 93.7 Å². The van der Waals surface area contributed by atoms with Gasteiger partial charge in [0, 0.05) is 85.1 Å². The molecule has 1 aromatic rings. The topological polar surface area (TPSA) is 215 Å². The predicted octanol–water partition coefficient (Wildman–Crippen LogP) is 9.99. The molecule has 2 amide bonds. The van der Waals surface area contributed by atoms with Gasteiger partial charge in [-0.2, -0.15) is 0 Å². The van der Waals surface area contributed by atoms with Crippen LogP contribution < -0.4 is 16.0 Å². The number of amides is 2. The zero-order chi connectivity index (χ0) is 60.0. The molecule has 5 aliphatic heterocycles. The molecule has 1 spiro atoms. The van der Waals surface area contributed by atoms with E-state index in [1.54, 1.807) is 17.1 Å². The molecule has 16 rings (SSSR count). The average Bonchev–Trinajstić information content (AvgIpc) is 1.38. The number of fused-ring (bicyclic) bond motifs is 5. The van der Waals surface area contributed by atoms with Gasteiger partial charge in [-0.25, -0.2) is 14.6 Å². The van der Waals surface area contributed by atoms with Crippen molar-refractivity contribution in [3.63, 3.8) is 0 Å². The highest BCUT2D eigenvalue weighted by Gasteiger charge is 2.70. The third-order valence-corrected chi connectivity index (χ3v) is 27.8. The van der Waals surface area contributed by atoms with Gasteiger partial charge in [0.1, 0.15) is 11.5 Å². The Morgan fingerprint density at radius 2 is 1.72 bits per heavy atom. The van der Waals surface area contributed by atoms with Crippen LogP contribution in [0.15, 0.2) is 93.7 Å². The largest absolute Gasteiger partial charge is 0.427 e. The SMILES string of the molecule is CCC1(C2=C3OC(=O)C4=C3[C@@H](CC2)C[C@H]2[C@@H]3CC[C@@]5(C6=C3[C@H](CN3C(=O)C=CC3=O)C3=CCNC(=C3)NCSS[C@H](N[C@H]3CC[C@@H]7CCC[C@H](Cc8cnc[nH]8)[C@H]7[C@@H]3O)[C@@H]([C@H]3CC[C@H]7C[C@@H](CO)C[C@H](CO)C#CC[C@H]3C7)C/C=C/5OC6=O)[C@@H]42)CCCC1. The van der Waals surface area contributed by atoms with Gasteiger partial charge in [0.2, 0.25) is 0 Å². The number of dihydropyridines is 1. The molecule has 88 heavy (non-hydrogen) atoms. The first-order valence-electron chi connectivity index (χ1n) is 34.2. The fraction of sp³-hybridized carbons (Fsp3) is 0.676. The number of H-pyrrole nitrogens is 1. The summed E-state index contributed by atoms with van der Waals surface area (Å²) in [5.41, 5.74) is 5.83. The first kappa shape index (κ1) is 59.5. The molecule has 5 saturated carbocycles. The Kier molecular flexibility index (Phi) is 16.4. The van der Waals surface area contributed by atoms with Crippen LogP contribution in [-0.4, -0.2) is 104 Å². The van der Waals surface area contributed by atoms with E-state index in [4.69, 9.17) is 9.47 Å². The third kappa shape index (κ3) is 10.2. The second-order valence-electron chi connectivity index (χ2n) is 29.2. The van der Waals surface area contributed by atoms with Crippen molar-refractivity contribution < 1.29 is 44.0 Å². The minimum atomic E-state index is -1.02. The predicted molar refractivity (Wildman–Crippen MR) is 336 cm³/mol. The first-order chi connectivity index (χ1) is 43.0. The zero-order valence-electron chi connectivity index (χ0n) is 51.2. The van der Waals surface area contributed by atoms with E-state index in [-0.39, 0.29) is 114 Å². The number of aromatic nitrogens is 2. The number of nitrogens with zero attached hydrogens (tertiary/aromatic N) is 2. The van der Waals surface area contributed by atoms with Gasteiger partial charge in [-0.15, -0.1) is 5.92 Å². The lowest BCUT2D eigenvalue weighted by Crippen LogP contribution is -2.56. The van der Waals surface area contributed by atoms with Gasteiger partial charge in [0.25, 0.3) is 11.8 Å². The number of aliphatic hydroxyl groups is 3. The minimum absolute atomic E-state index is 0.0164. The van der Waals surface area contributed by atoms with Crippen molar-refractivity contribution in [2.75, 3.05) is 32.2 Å². The highest BCUT2D eigenvalue weighted by molar-refractivity contribution is 8.76. The maximum absolute atomic E-state index is 15.9. The number of carbonyl (C=O) groups is 4. The molecule has 470 valence electrons. The van der Waals surface area contributed by atoms with Crippen molar-refractivity contribution in [1.82, 2.24) is 30.8 Å². The number of rotatable bonds is 11. The number of ether oxygens (including phenoxy) is 2. The molecule has 18 atom stereocenters. The van der Waals surface area contributed by atoms with Gasteiger partial charge < -0.3 is 40.4 Å². The van der Waals surface area contributed by atoms with E-state index in [0.717, 1.165) is 142 Å². The number of imide groups is 1. The Bertz CT molecular complexity index is 3240. The van der Waals surface area contributed by atoms with Crippen LogP contribution in [0.2, 0.25) is 0 Å². The molecule has 1 aromatic heterocycles. The van der Waals surface area contributed by atoms with E-state index >= 15 is 9.59 Å². The lowest BCUT2D eigenvalue weighted by molar-refractivity contribution is -0.138. The molecule has 6 fully saturated rings. The monoisotopic (exact) mass is 1230 g/mol. The summed E-state index contributed by atoms with van der Waals surface area (Å²) in [6, 6.07) is -0.159. The molecule has 9 bridgehead atoms. The Morgan fingerprint density at radius 3 is 2.52 bits per heavy atom. The Balaban J connectivity index is 0.889. The molecular formula is C71H90N6O9S2. The standard InChI is InChI=1S/C71H90N6O9S2/c1-2-70(23-3-4-24-70)53-16-12-46-31-51-49-21-25-71(63(51)62-60(46)66(53)86-68(62)83)55-18-15-50(48-14-11-39-27-41(36-79)28-40(35-78)7-5-9-43(48)29-39)67(76-54-17-13-42-8-6-10-45(59(42)65(54)82)30-47-33-72-37-74-47)88-87-38-75-56-32-44(22-26-73-56)52(61(49)64(71)69(84)85-55)34-77-57(80)19-20-58(77)81/h18-20,22,32-33,37,39-43,45-46,48-52,54,59,63,65,67,73,75-76,78-79,82H,2-4,6,8-17,21,23-31,34-36,38H2,1H3,(H,72,74)/b55-18-/t39-,40+,41+,42-,43-,45+,46-,48-,49-,50+,51-,52+,54-,59-,63+,65+,67-,71-/m0/s1. The normalized spacial score (nSPS) is 40.7. The Labute approximate surface area is 526 Å². The second-order valence-corrected chi connectivity index (χ2v) is 31.7. The molecule has 0 aromatic carbocycles. The molecule has 7 N–H and O–H groups in total. The molecule has 0 unspecified atom stereocenters. The molecule has 15 aliphatic rings. The van der Waals surface area contributed by atoms with Crippen LogP contribution >= 0.6 is 21.6 Å². The maximum atomic E-state index is 15.9. The van der Waals surface area contributed by atoms with Crippen LogP contribution in [0.1, 0.15) is 154 Å². The summed E-state index contributed by atoms with van der Waals surface area (Å²) in [5.74, 6) is 9.25. The van der Waals surface area contributed by atoms with Gasteiger partial charge in [-0.05, 0) is 209 Å². The highest BCUT2D eigenvalue weighted by Crippen LogP contribution is 2.73. The Morgan fingerprint density at radius 1 is 0.852 bits per heavy atom. The van der Waals surface area contributed by atoms with Gasteiger partial charge in [-0.1, -0.05) is 72.6 Å². The van der Waals surface area contributed by atoms with Crippen LogP contribution in [0, 0.1) is 106 Å². The lowest BCUT2D eigenvalue weighted by atomic mass is 9.42. The number of esters is 2. The van der Waals surface area contributed by atoms with Crippen LogP contribution in [-0.2, 0) is 35.1 Å². The van der Waals surface area contributed by atoms with Crippen molar-refractivity contribution >= 4 is 45.3 Å². The molecule has 15 nitrogen and oxygen atoms in total. The molecule has 1 saturated heterocycles. The molecule has 10 aliphatic carbocycles. The second kappa shape index (κ2) is 24.3. The number of aliphatic hydroxyl groups excluding tert-OH is 3. The summed E-state index contributed by atoms with van der Waals surface area (Å²) < 4.78 is 13.9. The lowest BCUT2D eigenvalue weighted by Gasteiger charge is -2.58. The van der Waals surface area contributed by atoms with Crippen molar-refractivity contribution in [3.05, 3.63) is 99.4 Å². The van der Waals surface area contributed by atoms with Crippen molar-refractivity contribution in [2.45, 2.75) is 172 Å². The van der Waals surface area contributed by atoms with Crippen molar-refractivity contribution in [3.8, 4) is 11.8 Å². The van der Waals surface area contributed by atoms with Gasteiger partial charge in [0.15, 0.2) is 0 Å². The summed E-state index contributed by atoms with van der Waals surface area (Å²) in [6.45, 7) is 2.93. The number of aromatic amines is 1. The highest BCUT2D eigenvalue weighted by atomic mass is 33.1. The summed E-state index contributed by atoms with van der Waals surface area (Å²) in [4.78, 5) is 68.0. The average molecular weight is 1240 g/mol. The number of imidazole rings is 1. The molecule has 0 radical (unpaired) electrons. The number of allylic oxidation sites excluding steroid dienone is 5. The number of nitrogens with one attached hydrogen (secondary N) is 4. The number of hydrogen-bond donors (Lipinski definition) is 7. The molecule has 6 heterocycles. The van der Waals surface area contributed by atoms with Crippen LogP contribution in [0.3, 0.4) is 0 Å². The van der Waals surface area contributed by atoms with E-state index < -0.39 is 23.4 Å². The van der Waals surface area contributed by atoms with E-state index in [1.165, 1.54) is 41.9 Å². The van der Waals surface area contributed by atoms with Crippen LogP contribution in [0.4, 0.5) is 0 Å². The van der Waals surface area contributed by atoms with E-state index in [0.29, 0.717) is 67.2 Å². The third-order valence-electron chi connectivity index (χ3n) is 25.3. The van der Waals surface area contributed by atoms with Crippen LogP contribution in [0.5, 0.6) is 0 Å². The maximum Gasteiger partial charge on any atom is 0.340 e. The van der Waals surface area contributed by atoms with E-state index in [1.807, 2.05) is 17.0 Å². The van der Waals surface area contributed by atoms with E-state index in [9.17, 15) is 24.9 Å². The summed E-state index contributed by atoms with van der Waals surface area (Å²) in [7, 11) is 3.61. The fourth-order valence-electron chi connectivity index (χ4n) is 21.5. The van der Waals surface area contributed by atoms with Crippen LogP contribution in [0.25, 0.3) is 0 Å². The van der Waals surface area contributed by atoms with Gasteiger partial charge in [0.05, 0.1) is 47.1 Å². The molecule has 17 heteroatoms. The summed E-state index contributed by atoms with van der Waals surface area (Å²) in [6.07, 6.45) is 34.0. The molecular weight excluding hydrogens is 1140 g/mol. The Hall–Kier alpha value is -4.83. The summed E-state index contributed by atoms with van der Waals surface area (Å²) in [5, 5.41) is 45.8. The number of carbonyl (C=O) groups excluding carboxylic acids is 4. The van der Waals surface area contributed by atoms with Gasteiger partial charge in [-0.3, -0.25) is 19.8 Å². The van der Waals surface area contributed by atoms with E-state index in [2.05, 4.69) is 62.9 Å². The minimum Gasteiger partial charge on any atom is -0.427 e. The van der Waals surface area contributed by atoms with Crippen molar-refractivity contribution in [1.29, 1.82) is 0 Å². The summed E-state index contributed by atoms with van der Waals surface area (Å²) >= 11 is 0. The quantitative estimate of drug-likeness (QED) is 0.0475. The smallest absolute Gasteiger partial charge is 0.340 e. The zero-order valence-corrected chi connectivity index (χ0v) is 52.8. The first-order valence-corrected chi connectivity index (χ1v) is 36.6. The fourth-order valence-corrected chi connectivity index (χ4v) is 24.0. The van der Waals surface area contributed by atoms with Gasteiger partial charge >= 0.3 is 11.9 Å².